The van der Waals surface area contributed by atoms with Crippen molar-refractivity contribution in [2.75, 3.05) is 6.54 Å². The summed E-state index contributed by atoms with van der Waals surface area (Å²) in [7, 11) is 0. The van der Waals surface area contributed by atoms with Gasteiger partial charge in [0.1, 0.15) is 0 Å². The highest BCUT2D eigenvalue weighted by Crippen LogP contribution is 2.39. The van der Waals surface area contributed by atoms with E-state index < -0.39 is 0 Å². The van der Waals surface area contributed by atoms with Gasteiger partial charge in [-0.15, -0.1) is 11.3 Å². The largest absolute Gasteiger partial charge is 0.265 e. The average Bonchev–Trinajstić information content (AvgIpc) is 2.56. The van der Waals surface area contributed by atoms with Gasteiger partial charge in [-0.1, -0.05) is 0 Å². The van der Waals surface area contributed by atoms with Crippen molar-refractivity contribution in [2.24, 2.45) is 0 Å². The predicted molar refractivity (Wildman–Crippen MR) is 52.0 cm³/mol. The van der Waals surface area contributed by atoms with Crippen LogP contribution >= 0.6 is 11.3 Å². The van der Waals surface area contributed by atoms with Crippen LogP contribution in [0.15, 0.2) is 5.38 Å². The van der Waals surface area contributed by atoms with Crippen molar-refractivity contribution in [3.05, 3.63) is 31.5 Å². The Labute approximate surface area is 80.5 Å². The Kier molecular flexibility index (Phi) is 2.07. The van der Waals surface area contributed by atoms with Crippen molar-refractivity contribution in [2.45, 2.75) is 25.7 Å². The van der Waals surface area contributed by atoms with Crippen molar-refractivity contribution in [3.63, 3.8) is 0 Å². The van der Waals surface area contributed by atoms with Gasteiger partial charge in [-0.3, -0.25) is 10.1 Å². The molecule has 0 fully saturated rings. The van der Waals surface area contributed by atoms with Crippen LogP contribution in [0.4, 0.5) is 0 Å². The molecule has 0 aliphatic heterocycles. The number of aryl methyl sites for hydroxylation is 1. The summed E-state index contributed by atoms with van der Waals surface area (Å²) >= 11 is 1.68. The zero-order valence-corrected chi connectivity index (χ0v) is 8.26. The average molecular weight is 197 g/mol. The molecule has 1 unspecified atom stereocenters. The summed E-state index contributed by atoms with van der Waals surface area (Å²) in [4.78, 5) is 11.4. The molecule has 0 amide bonds. The SMILES string of the molecule is Cc1csc2c1CCC2C[N+](=O)[O-]. The molecule has 0 aromatic carbocycles. The Balaban J connectivity index is 2.23. The van der Waals surface area contributed by atoms with Gasteiger partial charge in [0.2, 0.25) is 6.54 Å². The lowest BCUT2D eigenvalue weighted by atomic mass is 10.1. The number of hydrogen-bond donors (Lipinski definition) is 0. The fourth-order valence-corrected chi connectivity index (χ4v) is 3.19. The summed E-state index contributed by atoms with van der Waals surface area (Å²) in [5.74, 6) is 0.184. The minimum Gasteiger partial charge on any atom is -0.265 e. The molecule has 1 atom stereocenters. The molecule has 0 N–H and O–H groups in total. The van der Waals surface area contributed by atoms with E-state index in [0.717, 1.165) is 12.8 Å². The normalized spacial score (nSPS) is 20.2. The Hall–Kier alpha value is -0.900. The second-order valence-corrected chi connectivity index (χ2v) is 4.42. The minimum absolute atomic E-state index is 0.104. The molecule has 0 spiro atoms. The summed E-state index contributed by atoms with van der Waals surface area (Å²) in [5.41, 5.74) is 2.68. The van der Waals surface area contributed by atoms with E-state index in [4.69, 9.17) is 0 Å². The molecule has 70 valence electrons. The van der Waals surface area contributed by atoms with Gasteiger partial charge in [0.05, 0.1) is 5.92 Å². The van der Waals surface area contributed by atoms with E-state index in [-0.39, 0.29) is 17.4 Å². The zero-order valence-electron chi connectivity index (χ0n) is 7.45. The van der Waals surface area contributed by atoms with Crippen LogP contribution in [0.1, 0.15) is 28.3 Å². The zero-order chi connectivity index (χ0) is 9.42. The molecular weight excluding hydrogens is 186 g/mol. The standard InChI is InChI=1S/C9H11NO2S/c1-6-5-13-9-7(4-10(11)12)2-3-8(6)9/h5,7H,2-4H2,1H3. The highest BCUT2D eigenvalue weighted by atomic mass is 32.1. The first kappa shape index (κ1) is 8.69. The maximum Gasteiger partial charge on any atom is 0.211 e. The lowest BCUT2D eigenvalue weighted by molar-refractivity contribution is -0.483. The first-order chi connectivity index (χ1) is 6.18. The van der Waals surface area contributed by atoms with Crippen molar-refractivity contribution in [3.8, 4) is 0 Å². The van der Waals surface area contributed by atoms with Crippen LogP contribution < -0.4 is 0 Å². The van der Waals surface area contributed by atoms with E-state index in [9.17, 15) is 10.1 Å². The lowest BCUT2D eigenvalue weighted by Crippen LogP contribution is -2.08. The monoisotopic (exact) mass is 197 g/mol. The second-order valence-electron chi connectivity index (χ2n) is 3.51. The summed E-state index contributed by atoms with van der Waals surface area (Å²) < 4.78 is 0. The van der Waals surface area contributed by atoms with Crippen molar-refractivity contribution in [1.29, 1.82) is 0 Å². The van der Waals surface area contributed by atoms with Crippen LogP contribution in [0.25, 0.3) is 0 Å². The van der Waals surface area contributed by atoms with Gasteiger partial charge in [-0.25, -0.2) is 0 Å². The van der Waals surface area contributed by atoms with E-state index >= 15 is 0 Å². The Morgan fingerprint density at radius 1 is 1.77 bits per heavy atom. The summed E-state index contributed by atoms with van der Waals surface area (Å²) in [6.45, 7) is 2.19. The maximum absolute atomic E-state index is 10.4. The molecule has 0 saturated carbocycles. The number of hydrogen-bond acceptors (Lipinski definition) is 3. The number of nitro groups is 1. The molecule has 1 heterocycles. The van der Waals surface area contributed by atoms with Crippen LogP contribution in [0.5, 0.6) is 0 Å². The molecule has 2 rings (SSSR count). The fraction of sp³-hybridized carbons (Fsp3) is 0.556. The third-order valence-electron chi connectivity index (χ3n) is 2.62. The van der Waals surface area contributed by atoms with Gasteiger partial charge in [0, 0.05) is 9.80 Å². The Bertz CT molecular complexity index is 345. The molecule has 1 aliphatic rings. The summed E-state index contributed by atoms with van der Waals surface area (Å²) in [6.07, 6.45) is 1.99. The quantitative estimate of drug-likeness (QED) is 0.539. The van der Waals surface area contributed by atoms with Crippen molar-refractivity contribution < 1.29 is 4.92 Å². The van der Waals surface area contributed by atoms with Gasteiger partial charge in [-0.05, 0) is 36.3 Å². The van der Waals surface area contributed by atoms with Crippen molar-refractivity contribution in [1.82, 2.24) is 0 Å². The van der Waals surface area contributed by atoms with E-state index in [2.05, 4.69) is 12.3 Å². The number of thiophene rings is 1. The van der Waals surface area contributed by atoms with Crippen LogP contribution in [-0.4, -0.2) is 11.5 Å². The number of rotatable bonds is 2. The lowest BCUT2D eigenvalue weighted by Gasteiger charge is -2.01. The first-order valence-corrected chi connectivity index (χ1v) is 5.25. The van der Waals surface area contributed by atoms with E-state index in [1.807, 2.05) is 0 Å². The Morgan fingerprint density at radius 2 is 2.54 bits per heavy atom. The van der Waals surface area contributed by atoms with Crippen LogP contribution in [-0.2, 0) is 6.42 Å². The third kappa shape index (κ3) is 1.46. The molecule has 1 aliphatic carbocycles. The molecule has 13 heavy (non-hydrogen) atoms. The summed E-state index contributed by atoms with van der Waals surface area (Å²) in [6, 6.07) is 0. The molecule has 0 bridgehead atoms. The smallest absolute Gasteiger partial charge is 0.211 e. The maximum atomic E-state index is 10.4. The van der Waals surface area contributed by atoms with Crippen molar-refractivity contribution >= 4 is 11.3 Å². The topological polar surface area (TPSA) is 43.1 Å². The third-order valence-corrected chi connectivity index (χ3v) is 3.92. The van der Waals surface area contributed by atoms with E-state index in [1.165, 1.54) is 16.0 Å². The summed E-state index contributed by atoms with van der Waals surface area (Å²) in [5, 5.41) is 12.5. The van der Waals surface area contributed by atoms with Crippen LogP contribution in [0, 0.1) is 17.0 Å². The van der Waals surface area contributed by atoms with Crippen LogP contribution in [0.2, 0.25) is 0 Å². The molecule has 0 saturated heterocycles. The van der Waals surface area contributed by atoms with E-state index in [0.29, 0.717) is 0 Å². The molecule has 3 nitrogen and oxygen atoms in total. The highest BCUT2D eigenvalue weighted by Gasteiger charge is 2.28. The number of fused-ring (bicyclic) bond motifs is 1. The van der Waals surface area contributed by atoms with Gasteiger partial charge in [0.15, 0.2) is 0 Å². The molecule has 4 heteroatoms. The highest BCUT2D eigenvalue weighted by molar-refractivity contribution is 7.10. The van der Waals surface area contributed by atoms with Crippen LogP contribution in [0.3, 0.4) is 0 Å². The van der Waals surface area contributed by atoms with Gasteiger partial charge < -0.3 is 0 Å². The van der Waals surface area contributed by atoms with E-state index in [1.54, 1.807) is 11.3 Å². The second kappa shape index (κ2) is 3.10. The van der Waals surface area contributed by atoms with Gasteiger partial charge >= 0.3 is 0 Å². The number of nitrogens with zero attached hydrogens (tertiary/aromatic N) is 1. The van der Waals surface area contributed by atoms with Gasteiger partial charge in [-0.2, -0.15) is 0 Å². The minimum atomic E-state index is -0.200. The Morgan fingerprint density at radius 3 is 3.23 bits per heavy atom. The molecule has 1 aromatic heterocycles. The molecular formula is C9H11NO2S. The first-order valence-electron chi connectivity index (χ1n) is 4.37. The fourth-order valence-electron chi connectivity index (χ4n) is 1.96. The molecule has 0 radical (unpaired) electrons. The molecule has 1 aromatic rings. The van der Waals surface area contributed by atoms with Gasteiger partial charge in [0.25, 0.3) is 0 Å². The predicted octanol–water partition coefficient (Wildman–Crippen LogP) is 2.36.